The van der Waals surface area contributed by atoms with Crippen molar-refractivity contribution in [2.45, 2.75) is 6.42 Å². The van der Waals surface area contributed by atoms with Gasteiger partial charge in [-0.25, -0.2) is 0 Å². The van der Waals surface area contributed by atoms with Gasteiger partial charge in [-0.3, -0.25) is 4.79 Å². The molecule has 1 N–H and O–H groups in total. The Balaban J connectivity index is 1.89. The van der Waals surface area contributed by atoms with Gasteiger partial charge in [0.1, 0.15) is 5.76 Å². The van der Waals surface area contributed by atoms with Crippen molar-refractivity contribution in [3.05, 3.63) is 30.2 Å². The van der Waals surface area contributed by atoms with Crippen LogP contribution in [-0.2, 0) is 4.79 Å². The van der Waals surface area contributed by atoms with E-state index in [1.54, 1.807) is 29.4 Å². The number of hydrogen-bond acceptors (Lipinski definition) is 3. The van der Waals surface area contributed by atoms with Crippen LogP contribution in [-0.4, -0.2) is 35.6 Å². The van der Waals surface area contributed by atoms with Gasteiger partial charge in [-0.15, -0.1) is 0 Å². The molecule has 4 nitrogen and oxygen atoms in total. The van der Waals surface area contributed by atoms with Crippen LogP contribution in [0.15, 0.2) is 28.9 Å². The lowest BCUT2D eigenvalue weighted by Gasteiger charge is -2.13. The Morgan fingerprint density at radius 3 is 3.19 bits per heavy atom. The number of hydrogen-bond donors (Lipinski definition) is 1. The van der Waals surface area contributed by atoms with Gasteiger partial charge in [0.05, 0.1) is 6.26 Å². The topological polar surface area (TPSA) is 53.7 Å². The van der Waals surface area contributed by atoms with E-state index in [1.807, 2.05) is 0 Å². The Labute approximate surface area is 94.2 Å². The first kappa shape index (κ1) is 11.0. The lowest BCUT2D eigenvalue weighted by molar-refractivity contribution is -0.125. The fourth-order valence-electron chi connectivity index (χ4n) is 1.83. The number of aliphatic hydroxyl groups excluding tert-OH is 1. The monoisotopic (exact) mass is 221 g/mol. The molecule has 0 aliphatic carbocycles. The van der Waals surface area contributed by atoms with Gasteiger partial charge in [0.15, 0.2) is 0 Å². The molecular weight excluding hydrogens is 206 g/mol. The average Bonchev–Trinajstić information content (AvgIpc) is 2.96. The summed E-state index contributed by atoms with van der Waals surface area (Å²) in [5.41, 5.74) is 0. The number of carbonyl (C=O) groups is 1. The summed E-state index contributed by atoms with van der Waals surface area (Å²) in [6.45, 7) is 1.54. The van der Waals surface area contributed by atoms with Gasteiger partial charge >= 0.3 is 0 Å². The molecule has 0 bridgehead atoms. The lowest BCUT2D eigenvalue weighted by Crippen LogP contribution is -2.27. The molecule has 0 spiro atoms. The van der Waals surface area contributed by atoms with Crippen LogP contribution in [0.5, 0.6) is 0 Å². The predicted octanol–water partition coefficient (Wildman–Crippen LogP) is 1.13. The maximum Gasteiger partial charge on any atom is 0.246 e. The minimum absolute atomic E-state index is 0.0210. The molecule has 1 saturated heterocycles. The average molecular weight is 221 g/mol. The molecule has 1 aliphatic rings. The van der Waals surface area contributed by atoms with Gasteiger partial charge < -0.3 is 14.4 Å². The summed E-state index contributed by atoms with van der Waals surface area (Å²) in [7, 11) is 0. The van der Waals surface area contributed by atoms with Crippen molar-refractivity contribution < 1.29 is 14.3 Å². The maximum atomic E-state index is 11.7. The maximum absolute atomic E-state index is 11.7. The van der Waals surface area contributed by atoms with Gasteiger partial charge in [-0.05, 0) is 24.6 Å². The third-order valence-electron chi connectivity index (χ3n) is 2.79. The van der Waals surface area contributed by atoms with E-state index in [2.05, 4.69) is 0 Å². The quantitative estimate of drug-likeness (QED) is 0.778. The third kappa shape index (κ3) is 2.52. The van der Waals surface area contributed by atoms with Crippen LogP contribution in [0.2, 0.25) is 0 Å². The molecule has 1 aliphatic heterocycles. The Hall–Kier alpha value is -1.55. The van der Waals surface area contributed by atoms with E-state index in [4.69, 9.17) is 9.52 Å². The number of carbonyl (C=O) groups excluding carboxylic acids is 1. The van der Waals surface area contributed by atoms with Crippen molar-refractivity contribution in [2.75, 3.05) is 19.7 Å². The molecule has 1 aromatic rings. The predicted molar refractivity (Wildman–Crippen MR) is 59.5 cm³/mol. The van der Waals surface area contributed by atoms with Crippen molar-refractivity contribution in [3.8, 4) is 0 Å². The van der Waals surface area contributed by atoms with E-state index in [9.17, 15) is 4.79 Å². The van der Waals surface area contributed by atoms with Crippen LogP contribution >= 0.6 is 0 Å². The molecule has 16 heavy (non-hydrogen) atoms. The highest BCUT2D eigenvalue weighted by Gasteiger charge is 2.23. The van der Waals surface area contributed by atoms with Crippen LogP contribution in [0.1, 0.15) is 12.2 Å². The highest BCUT2D eigenvalue weighted by atomic mass is 16.3. The largest absolute Gasteiger partial charge is 0.465 e. The van der Waals surface area contributed by atoms with Crippen LogP contribution in [0.25, 0.3) is 6.08 Å². The standard InChI is InChI=1S/C12H15NO3/c14-9-10-5-6-13(8-10)12(15)4-3-11-2-1-7-16-11/h1-4,7,10,14H,5-6,8-9H2/b4-3+/t10-/m0/s1. The SMILES string of the molecule is O=C(/C=C/c1ccco1)N1CC[C@H](CO)C1. The summed E-state index contributed by atoms with van der Waals surface area (Å²) >= 11 is 0. The van der Waals surface area contributed by atoms with E-state index >= 15 is 0 Å². The summed E-state index contributed by atoms with van der Waals surface area (Å²) in [5, 5.41) is 8.97. The van der Waals surface area contributed by atoms with E-state index in [1.165, 1.54) is 6.08 Å². The number of aliphatic hydroxyl groups is 1. The molecule has 2 heterocycles. The number of nitrogens with zero attached hydrogens (tertiary/aromatic N) is 1. The Morgan fingerprint density at radius 1 is 1.69 bits per heavy atom. The van der Waals surface area contributed by atoms with Crippen LogP contribution in [0.4, 0.5) is 0 Å². The van der Waals surface area contributed by atoms with Gasteiger partial charge in [0.25, 0.3) is 0 Å². The molecule has 0 radical (unpaired) electrons. The second-order valence-corrected chi connectivity index (χ2v) is 3.97. The van der Waals surface area contributed by atoms with E-state index in [-0.39, 0.29) is 18.4 Å². The summed E-state index contributed by atoms with van der Waals surface area (Å²) < 4.78 is 5.09. The first-order chi connectivity index (χ1) is 7.79. The zero-order chi connectivity index (χ0) is 11.4. The highest BCUT2D eigenvalue weighted by Crippen LogP contribution is 2.15. The summed E-state index contributed by atoms with van der Waals surface area (Å²) in [4.78, 5) is 13.5. The molecule has 0 aromatic carbocycles. The van der Waals surface area contributed by atoms with Crippen LogP contribution in [0, 0.1) is 5.92 Å². The molecule has 0 unspecified atom stereocenters. The fraction of sp³-hybridized carbons (Fsp3) is 0.417. The molecular formula is C12H15NO3. The van der Waals surface area contributed by atoms with E-state index in [0.29, 0.717) is 12.3 Å². The second kappa shape index (κ2) is 4.99. The molecule has 4 heteroatoms. The zero-order valence-electron chi connectivity index (χ0n) is 9.00. The summed E-state index contributed by atoms with van der Waals surface area (Å²) in [6, 6.07) is 3.58. The molecule has 86 valence electrons. The number of furan rings is 1. The van der Waals surface area contributed by atoms with E-state index in [0.717, 1.165) is 13.0 Å². The van der Waals surface area contributed by atoms with Gasteiger partial charge in [-0.2, -0.15) is 0 Å². The minimum Gasteiger partial charge on any atom is -0.465 e. The van der Waals surface area contributed by atoms with Gasteiger partial charge in [-0.1, -0.05) is 0 Å². The van der Waals surface area contributed by atoms with Gasteiger partial charge in [0.2, 0.25) is 5.91 Å². The number of likely N-dealkylation sites (tertiary alicyclic amines) is 1. The summed E-state index contributed by atoms with van der Waals surface area (Å²) in [6.07, 6.45) is 5.63. The normalized spacial score (nSPS) is 20.8. The minimum atomic E-state index is -0.0210. The Bertz CT molecular complexity index is 370. The first-order valence-corrected chi connectivity index (χ1v) is 5.41. The molecule has 0 saturated carbocycles. The smallest absolute Gasteiger partial charge is 0.246 e. The molecule has 1 fully saturated rings. The molecule has 1 amide bonds. The van der Waals surface area contributed by atoms with Crippen LogP contribution < -0.4 is 0 Å². The van der Waals surface area contributed by atoms with Crippen molar-refractivity contribution in [2.24, 2.45) is 5.92 Å². The van der Waals surface area contributed by atoms with Crippen molar-refractivity contribution in [1.29, 1.82) is 0 Å². The molecule has 1 atom stereocenters. The molecule has 2 rings (SSSR count). The van der Waals surface area contributed by atoms with Crippen molar-refractivity contribution in [1.82, 2.24) is 4.90 Å². The summed E-state index contributed by atoms with van der Waals surface area (Å²) in [5.74, 6) is 0.888. The first-order valence-electron chi connectivity index (χ1n) is 5.41. The molecule has 1 aromatic heterocycles. The Kier molecular flexibility index (Phi) is 3.41. The van der Waals surface area contributed by atoms with Gasteiger partial charge in [0, 0.05) is 31.7 Å². The van der Waals surface area contributed by atoms with E-state index < -0.39 is 0 Å². The Morgan fingerprint density at radius 2 is 2.56 bits per heavy atom. The van der Waals surface area contributed by atoms with Crippen molar-refractivity contribution >= 4 is 12.0 Å². The number of amides is 1. The highest BCUT2D eigenvalue weighted by molar-refractivity contribution is 5.91. The van der Waals surface area contributed by atoms with Crippen LogP contribution in [0.3, 0.4) is 0 Å². The lowest BCUT2D eigenvalue weighted by atomic mass is 10.1. The third-order valence-corrected chi connectivity index (χ3v) is 2.79. The number of rotatable bonds is 3. The fourth-order valence-corrected chi connectivity index (χ4v) is 1.83. The zero-order valence-corrected chi connectivity index (χ0v) is 9.00. The van der Waals surface area contributed by atoms with Crippen molar-refractivity contribution in [3.63, 3.8) is 0 Å². The second-order valence-electron chi connectivity index (χ2n) is 3.97.